The van der Waals surface area contributed by atoms with Gasteiger partial charge in [0.1, 0.15) is 0 Å². The van der Waals surface area contributed by atoms with Crippen molar-refractivity contribution >= 4 is 5.97 Å². The van der Waals surface area contributed by atoms with Crippen LogP contribution < -0.4 is 9.47 Å². The normalized spacial score (nSPS) is 10.0. The summed E-state index contributed by atoms with van der Waals surface area (Å²) < 4.78 is 10.5. The Bertz CT molecular complexity index is 375. The Morgan fingerprint density at radius 2 is 2.06 bits per heavy atom. The molecule has 0 fully saturated rings. The maximum Gasteiger partial charge on any atom is 0.335 e. The molecule has 0 bridgehead atoms. The van der Waals surface area contributed by atoms with Crippen molar-refractivity contribution in [3.8, 4) is 11.5 Å². The largest absolute Gasteiger partial charge is 0.493 e. The van der Waals surface area contributed by atoms with E-state index in [0.717, 1.165) is 6.42 Å². The third-order valence-electron chi connectivity index (χ3n) is 2.22. The molecule has 2 N–H and O–H groups in total. The zero-order valence-electron chi connectivity index (χ0n) is 9.68. The van der Waals surface area contributed by atoms with Gasteiger partial charge in [0.2, 0.25) is 0 Å². The lowest BCUT2D eigenvalue weighted by molar-refractivity contribution is 0.0696. The number of hydrogen-bond donors (Lipinski definition) is 2. The molecule has 0 aliphatic heterocycles. The summed E-state index contributed by atoms with van der Waals surface area (Å²) in [5, 5.41) is 17.4. The number of methoxy groups -OCH3 is 1. The van der Waals surface area contributed by atoms with Gasteiger partial charge in [0, 0.05) is 6.61 Å². The summed E-state index contributed by atoms with van der Waals surface area (Å²) in [7, 11) is 1.46. The molecule has 0 amide bonds. The van der Waals surface area contributed by atoms with Gasteiger partial charge in [-0.3, -0.25) is 0 Å². The van der Waals surface area contributed by atoms with Crippen LogP contribution in [0, 0.1) is 0 Å². The van der Waals surface area contributed by atoms with E-state index in [-0.39, 0.29) is 12.2 Å². The van der Waals surface area contributed by atoms with Crippen molar-refractivity contribution in [3.05, 3.63) is 23.8 Å². The minimum Gasteiger partial charge on any atom is -0.493 e. The number of benzene rings is 1. The lowest BCUT2D eigenvalue weighted by Crippen LogP contribution is -2.02. The standard InChI is InChI=1S/C12H16O5/c1-16-11-8-9(12(14)15)4-5-10(11)17-7-3-2-6-13/h4-5,8,13H,2-3,6-7H2,1H3,(H,14,15). The molecule has 5 nitrogen and oxygen atoms in total. The van der Waals surface area contributed by atoms with Gasteiger partial charge in [-0.1, -0.05) is 0 Å². The van der Waals surface area contributed by atoms with Gasteiger partial charge in [-0.25, -0.2) is 4.79 Å². The van der Waals surface area contributed by atoms with Crippen LogP contribution in [0.3, 0.4) is 0 Å². The van der Waals surface area contributed by atoms with Crippen LogP contribution >= 0.6 is 0 Å². The molecule has 0 saturated heterocycles. The summed E-state index contributed by atoms with van der Waals surface area (Å²) in [6, 6.07) is 4.46. The first-order valence-corrected chi connectivity index (χ1v) is 5.34. The molecule has 1 aromatic carbocycles. The van der Waals surface area contributed by atoms with E-state index in [0.29, 0.717) is 24.5 Å². The molecular formula is C12H16O5. The number of hydrogen-bond acceptors (Lipinski definition) is 4. The Morgan fingerprint density at radius 3 is 2.65 bits per heavy atom. The summed E-state index contributed by atoms with van der Waals surface area (Å²) in [4.78, 5) is 10.8. The highest BCUT2D eigenvalue weighted by atomic mass is 16.5. The molecular weight excluding hydrogens is 224 g/mol. The molecule has 17 heavy (non-hydrogen) atoms. The third kappa shape index (κ3) is 3.96. The van der Waals surface area contributed by atoms with Crippen molar-refractivity contribution in [2.24, 2.45) is 0 Å². The molecule has 0 radical (unpaired) electrons. The van der Waals surface area contributed by atoms with E-state index in [1.807, 2.05) is 0 Å². The van der Waals surface area contributed by atoms with Crippen molar-refractivity contribution < 1.29 is 24.5 Å². The number of aliphatic hydroxyl groups excluding tert-OH is 1. The van der Waals surface area contributed by atoms with E-state index < -0.39 is 5.97 Å². The molecule has 0 atom stereocenters. The van der Waals surface area contributed by atoms with Crippen LogP contribution in [0.1, 0.15) is 23.2 Å². The summed E-state index contributed by atoms with van der Waals surface area (Å²) in [5.41, 5.74) is 0.157. The number of rotatable bonds is 7. The van der Waals surface area contributed by atoms with Crippen LogP contribution in [0.4, 0.5) is 0 Å². The third-order valence-corrected chi connectivity index (χ3v) is 2.22. The maximum absolute atomic E-state index is 10.8. The molecule has 1 aromatic rings. The molecule has 0 heterocycles. The first-order valence-electron chi connectivity index (χ1n) is 5.34. The average molecular weight is 240 g/mol. The summed E-state index contributed by atoms with van der Waals surface area (Å²) >= 11 is 0. The molecule has 0 aliphatic rings. The topological polar surface area (TPSA) is 76.0 Å². The van der Waals surface area contributed by atoms with Crippen molar-refractivity contribution in [1.82, 2.24) is 0 Å². The van der Waals surface area contributed by atoms with Crippen LogP contribution in [0.5, 0.6) is 11.5 Å². The minimum atomic E-state index is -1.00. The van der Waals surface area contributed by atoms with Crippen molar-refractivity contribution in [1.29, 1.82) is 0 Å². The van der Waals surface area contributed by atoms with Gasteiger partial charge < -0.3 is 19.7 Å². The van der Waals surface area contributed by atoms with Crippen LogP contribution in [0.2, 0.25) is 0 Å². The number of carboxylic acid groups (broad SMARTS) is 1. The first kappa shape index (κ1) is 13.3. The summed E-state index contributed by atoms with van der Waals surface area (Å²) in [5.74, 6) is -0.0977. The number of carbonyl (C=O) groups is 1. The summed E-state index contributed by atoms with van der Waals surface area (Å²) in [6.07, 6.45) is 1.41. The van der Waals surface area contributed by atoms with E-state index >= 15 is 0 Å². The fourth-order valence-corrected chi connectivity index (χ4v) is 1.32. The fraction of sp³-hybridized carbons (Fsp3) is 0.417. The Morgan fingerprint density at radius 1 is 1.29 bits per heavy atom. The number of aromatic carboxylic acids is 1. The van der Waals surface area contributed by atoms with E-state index in [9.17, 15) is 4.79 Å². The van der Waals surface area contributed by atoms with Gasteiger partial charge in [-0.15, -0.1) is 0 Å². The predicted molar refractivity (Wildman–Crippen MR) is 61.8 cm³/mol. The molecule has 0 spiro atoms. The predicted octanol–water partition coefficient (Wildman–Crippen LogP) is 1.54. The van der Waals surface area contributed by atoms with Gasteiger partial charge in [-0.05, 0) is 31.0 Å². The maximum atomic E-state index is 10.8. The number of unbranched alkanes of at least 4 members (excludes halogenated alkanes) is 1. The first-order chi connectivity index (χ1) is 8.19. The molecule has 0 unspecified atom stereocenters. The van der Waals surface area contributed by atoms with E-state index in [4.69, 9.17) is 19.7 Å². The van der Waals surface area contributed by atoms with Crippen LogP contribution in [0.15, 0.2) is 18.2 Å². The lowest BCUT2D eigenvalue weighted by atomic mass is 10.2. The van der Waals surface area contributed by atoms with Gasteiger partial charge >= 0.3 is 5.97 Å². The number of aliphatic hydroxyl groups is 1. The van der Waals surface area contributed by atoms with Crippen molar-refractivity contribution in [2.45, 2.75) is 12.8 Å². The highest BCUT2D eigenvalue weighted by molar-refractivity contribution is 5.88. The highest BCUT2D eigenvalue weighted by Gasteiger charge is 2.09. The van der Waals surface area contributed by atoms with Crippen LogP contribution in [-0.4, -0.2) is 36.5 Å². The highest BCUT2D eigenvalue weighted by Crippen LogP contribution is 2.28. The van der Waals surface area contributed by atoms with Crippen LogP contribution in [-0.2, 0) is 0 Å². The Kier molecular flexibility index (Phi) is 5.29. The lowest BCUT2D eigenvalue weighted by Gasteiger charge is -2.10. The SMILES string of the molecule is COc1cc(C(=O)O)ccc1OCCCCO. The van der Waals surface area contributed by atoms with Crippen molar-refractivity contribution in [3.63, 3.8) is 0 Å². The van der Waals surface area contributed by atoms with Gasteiger partial charge in [0.05, 0.1) is 19.3 Å². The smallest absolute Gasteiger partial charge is 0.335 e. The molecule has 0 aliphatic carbocycles. The molecule has 1 rings (SSSR count). The zero-order chi connectivity index (χ0) is 12.7. The van der Waals surface area contributed by atoms with E-state index in [1.165, 1.54) is 19.2 Å². The molecule has 94 valence electrons. The van der Waals surface area contributed by atoms with Gasteiger partial charge in [-0.2, -0.15) is 0 Å². The summed E-state index contributed by atoms with van der Waals surface area (Å²) in [6.45, 7) is 0.599. The monoisotopic (exact) mass is 240 g/mol. The average Bonchev–Trinajstić information content (AvgIpc) is 2.34. The second-order valence-electron chi connectivity index (χ2n) is 3.45. The van der Waals surface area contributed by atoms with Gasteiger partial charge in [0.15, 0.2) is 11.5 Å². The van der Waals surface area contributed by atoms with E-state index in [1.54, 1.807) is 6.07 Å². The minimum absolute atomic E-state index is 0.137. The Hall–Kier alpha value is -1.75. The second kappa shape index (κ2) is 6.75. The fourth-order valence-electron chi connectivity index (χ4n) is 1.32. The molecule has 0 saturated carbocycles. The van der Waals surface area contributed by atoms with Crippen molar-refractivity contribution in [2.75, 3.05) is 20.3 Å². The Labute approximate surface area is 99.6 Å². The van der Waals surface area contributed by atoms with E-state index in [2.05, 4.69) is 0 Å². The zero-order valence-corrected chi connectivity index (χ0v) is 9.68. The number of carboxylic acids is 1. The second-order valence-corrected chi connectivity index (χ2v) is 3.45. The number of ether oxygens (including phenoxy) is 2. The Balaban J connectivity index is 2.68. The van der Waals surface area contributed by atoms with Crippen LogP contribution in [0.25, 0.3) is 0 Å². The molecule has 0 aromatic heterocycles. The molecule has 5 heteroatoms. The quantitative estimate of drug-likeness (QED) is 0.707. The van der Waals surface area contributed by atoms with Gasteiger partial charge in [0.25, 0.3) is 0 Å².